The number of rotatable bonds is 5. The van der Waals surface area contributed by atoms with Crippen LogP contribution in [0.4, 0.5) is 0 Å². The average molecular weight is 398 g/mol. The van der Waals surface area contributed by atoms with Gasteiger partial charge in [-0.3, -0.25) is 14.8 Å². The number of aliphatic hydroxyl groups is 1. The van der Waals surface area contributed by atoms with Gasteiger partial charge in [0.05, 0.1) is 12.6 Å². The summed E-state index contributed by atoms with van der Waals surface area (Å²) in [6.45, 7) is 4.36. The molecule has 1 atom stereocenters. The predicted octanol–water partition coefficient (Wildman–Crippen LogP) is 3.29. The predicted molar refractivity (Wildman–Crippen MR) is 112 cm³/mol. The van der Waals surface area contributed by atoms with Crippen LogP contribution in [0.2, 0.25) is 5.02 Å². The second kappa shape index (κ2) is 8.45. The fourth-order valence-electron chi connectivity index (χ4n) is 3.98. The van der Waals surface area contributed by atoms with Crippen LogP contribution in [0.1, 0.15) is 17.2 Å². The number of β-amino-alcohol motifs (C(OH)–C–C–N with tert-alkyl or cyclic N) is 1. The van der Waals surface area contributed by atoms with Crippen LogP contribution >= 0.6 is 11.6 Å². The molecule has 0 unspecified atom stereocenters. The highest BCUT2D eigenvalue weighted by atomic mass is 35.5. The van der Waals surface area contributed by atoms with Crippen molar-refractivity contribution in [1.82, 2.24) is 14.8 Å². The van der Waals surface area contributed by atoms with Crippen molar-refractivity contribution in [3.05, 3.63) is 70.9 Å². The first-order valence-corrected chi connectivity index (χ1v) is 9.94. The number of piperazine rings is 1. The Morgan fingerprint density at radius 2 is 1.75 bits per heavy atom. The summed E-state index contributed by atoms with van der Waals surface area (Å²) in [7, 11) is 0. The van der Waals surface area contributed by atoms with Crippen LogP contribution in [0, 0.1) is 0 Å². The van der Waals surface area contributed by atoms with Crippen LogP contribution in [-0.4, -0.2) is 64.3 Å². The summed E-state index contributed by atoms with van der Waals surface area (Å²) in [5.74, 6) is 0.232. The molecule has 146 valence electrons. The van der Waals surface area contributed by atoms with E-state index in [9.17, 15) is 10.2 Å². The van der Waals surface area contributed by atoms with E-state index >= 15 is 0 Å². The fourth-order valence-corrected chi connectivity index (χ4v) is 4.11. The molecule has 0 spiro atoms. The topological polar surface area (TPSA) is 59.8 Å². The average Bonchev–Trinajstić information content (AvgIpc) is 2.73. The molecule has 6 heteroatoms. The molecule has 1 fully saturated rings. The monoisotopic (exact) mass is 397 g/mol. The SMILES string of the molecule is OCCN1CCN([C@@H](c2ccc(Cl)cc2)c2ccc3cccnc3c2O)CC1. The minimum absolute atomic E-state index is 0.0834. The van der Waals surface area contributed by atoms with Crippen molar-refractivity contribution < 1.29 is 10.2 Å². The van der Waals surface area contributed by atoms with Gasteiger partial charge in [0, 0.05) is 54.9 Å². The van der Waals surface area contributed by atoms with E-state index in [1.54, 1.807) is 6.20 Å². The summed E-state index contributed by atoms with van der Waals surface area (Å²) >= 11 is 6.11. The number of halogens is 1. The highest BCUT2D eigenvalue weighted by Crippen LogP contribution is 2.38. The van der Waals surface area contributed by atoms with Crippen LogP contribution in [0.3, 0.4) is 0 Å². The van der Waals surface area contributed by atoms with E-state index in [2.05, 4.69) is 14.8 Å². The van der Waals surface area contributed by atoms with Crippen molar-refractivity contribution in [2.75, 3.05) is 39.3 Å². The zero-order chi connectivity index (χ0) is 19.5. The van der Waals surface area contributed by atoms with Crippen molar-refractivity contribution in [3.63, 3.8) is 0 Å². The Hall–Kier alpha value is -2.18. The van der Waals surface area contributed by atoms with E-state index in [0.29, 0.717) is 17.1 Å². The molecule has 0 radical (unpaired) electrons. The Morgan fingerprint density at radius 3 is 2.46 bits per heavy atom. The van der Waals surface area contributed by atoms with E-state index < -0.39 is 0 Å². The first-order valence-electron chi connectivity index (χ1n) is 9.56. The third kappa shape index (κ3) is 3.84. The van der Waals surface area contributed by atoms with Crippen LogP contribution < -0.4 is 0 Å². The molecule has 2 N–H and O–H groups in total. The molecular weight excluding hydrogens is 374 g/mol. The number of aromatic nitrogens is 1. The Balaban J connectivity index is 1.74. The van der Waals surface area contributed by atoms with Gasteiger partial charge in [0.2, 0.25) is 0 Å². The van der Waals surface area contributed by atoms with Crippen LogP contribution in [0.5, 0.6) is 5.75 Å². The minimum Gasteiger partial charge on any atom is -0.505 e. The van der Waals surface area contributed by atoms with E-state index in [1.165, 1.54) is 0 Å². The van der Waals surface area contributed by atoms with Gasteiger partial charge in [0.1, 0.15) is 11.3 Å². The molecule has 1 aliphatic heterocycles. The highest BCUT2D eigenvalue weighted by molar-refractivity contribution is 6.30. The summed E-state index contributed by atoms with van der Waals surface area (Å²) in [5, 5.41) is 21.9. The zero-order valence-electron chi connectivity index (χ0n) is 15.6. The van der Waals surface area contributed by atoms with Gasteiger partial charge < -0.3 is 10.2 Å². The van der Waals surface area contributed by atoms with Gasteiger partial charge in [-0.1, -0.05) is 41.9 Å². The number of nitrogens with zero attached hydrogens (tertiary/aromatic N) is 3. The van der Waals surface area contributed by atoms with Crippen molar-refractivity contribution in [3.8, 4) is 5.75 Å². The Labute approximate surface area is 169 Å². The van der Waals surface area contributed by atoms with E-state index in [0.717, 1.165) is 42.7 Å². The number of hydrogen-bond donors (Lipinski definition) is 2. The number of fused-ring (bicyclic) bond motifs is 1. The van der Waals surface area contributed by atoms with Gasteiger partial charge in [0.15, 0.2) is 0 Å². The zero-order valence-corrected chi connectivity index (χ0v) is 16.4. The lowest BCUT2D eigenvalue weighted by Gasteiger charge is -2.39. The molecule has 5 nitrogen and oxygen atoms in total. The number of aliphatic hydroxyl groups excluding tert-OH is 1. The minimum atomic E-state index is -0.0834. The van der Waals surface area contributed by atoms with E-state index in [1.807, 2.05) is 48.5 Å². The molecule has 1 saturated heterocycles. The molecule has 1 aromatic heterocycles. The molecule has 1 aliphatic rings. The molecule has 0 bridgehead atoms. The first kappa shape index (κ1) is 19.2. The third-order valence-electron chi connectivity index (χ3n) is 5.45. The lowest BCUT2D eigenvalue weighted by Crippen LogP contribution is -2.48. The lowest BCUT2D eigenvalue weighted by molar-refractivity contribution is 0.0938. The summed E-state index contributed by atoms with van der Waals surface area (Å²) in [5.41, 5.74) is 2.56. The number of benzene rings is 2. The highest BCUT2D eigenvalue weighted by Gasteiger charge is 2.28. The van der Waals surface area contributed by atoms with Crippen molar-refractivity contribution in [2.45, 2.75) is 6.04 Å². The molecule has 3 aromatic rings. The summed E-state index contributed by atoms with van der Waals surface area (Å²) in [4.78, 5) is 9.02. The second-order valence-corrected chi connectivity index (χ2v) is 7.57. The standard InChI is InChI=1S/C22H24ClN3O2/c23-18-6-3-17(4-7-18)21(26-12-10-25(11-13-26)14-15-27)19-8-5-16-2-1-9-24-20(16)22(19)28/h1-9,21,27-28H,10-15H2/t21-/m0/s1. The fraction of sp³-hybridized carbons (Fsp3) is 0.318. The van der Waals surface area contributed by atoms with E-state index in [-0.39, 0.29) is 18.4 Å². The maximum Gasteiger partial charge on any atom is 0.146 e. The molecule has 0 saturated carbocycles. The lowest BCUT2D eigenvalue weighted by atomic mass is 9.94. The van der Waals surface area contributed by atoms with Gasteiger partial charge in [-0.25, -0.2) is 0 Å². The normalized spacial score (nSPS) is 17.1. The van der Waals surface area contributed by atoms with Crippen molar-refractivity contribution in [1.29, 1.82) is 0 Å². The van der Waals surface area contributed by atoms with Gasteiger partial charge in [-0.15, -0.1) is 0 Å². The van der Waals surface area contributed by atoms with Crippen molar-refractivity contribution in [2.24, 2.45) is 0 Å². The Kier molecular flexibility index (Phi) is 5.78. The Morgan fingerprint density at radius 1 is 1.00 bits per heavy atom. The van der Waals surface area contributed by atoms with Crippen molar-refractivity contribution >= 4 is 22.5 Å². The van der Waals surface area contributed by atoms with E-state index in [4.69, 9.17) is 11.6 Å². The van der Waals surface area contributed by atoms with Crippen LogP contribution in [-0.2, 0) is 0 Å². The molecule has 0 aliphatic carbocycles. The number of pyridine rings is 1. The van der Waals surface area contributed by atoms with Gasteiger partial charge in [-0.05, 0) is 23.8 Å². The summed E-state index contributed by atoms with van der Waals surface area (Å²) in [6.07, 6.45) is 1.71. The quantitative estimate of drug-likeness (QED) is 0.691. The second-order valence-electron chi connectivity index (χ2n) is 7.13. The first-order chi connectivity index (χ1) is 13.7. The number of hydrogen-bond acceptors (Lipinski definition) is 5. The summed E-state index contributed by atoms with van der Waals surface area (Å²) in [6, 6.07) is 15.6. The molecule has 0 amide bonds. The molecule has 4 rings (SSSR count). The van der Waals surface area contributed by atoms with Gasteiger partial charge in [-0.2, -0.15) is 0 Å². The smallest absolute Gasteiger partial charge is 0.146 e. The number of aromatic hydroxyl groups is 1. The largest absolute Gasteiger partial charge is 0.505 e. The van der Waals surface area contributed by atoms with Crippen LogP contribution in [0.25, 0.3) is 10.9 Å². The molecule has 28 heavy (non-hydrogen) atoms. The Bertz CT molecular complexity index is 940. The molecule has 2 heterocycles. The third-order valence-corrected chi connectivity index (χ3v) is 5.70. The number of phenols is 1. The maximum atomic E-state index is 11.0. The molecular formula is C22H24ClN3O2. The van der Waals surface area contributed by atoms with Gasteiger partial charge in [0.25, 0.3) is 0 Å². The van der Waals surface area contributed by atoms with Gasteiger partial charge >= 0.3 is 0 Å². The molecule has 2 aromatic carbocycles. The van der Waals surface area contributed by atoms with Crippen LogP contribution in [0.15, 0.2) is 54.7 Å². The maximum absolute atomic E-state index is 11.0. The number of phenolic OH excluding ortho intramolecular Hbond substituents is 1. The summed E-state index contributed by atoms with van der Waals surface area (Å²) < 4.78 is 0.